The Morgan fingerprint density at radius 2 is 1.67 bits per heavy atom. The van der Waals surface area contributed by atoms with Gasteiger partial charge in [0.2, 0.25) is 5.91 Å². The van der Waals surface area contributed by atoms with Gasteiger partial charge in [0.25, 0.3) is 0 Å². The van der Waals surface area contributed by atoms with Crippen LogP contribution in [-0.2, 0) is 14.3 Å². The smallest absolute Gasteiger partial charge is 0.235 e. The van der Waals surface area contributed by atoms with Crippen molar-refractivity contribution < 1.29 is 14.3 Å². The number of rotatable bonds is 2. The van der Waals surface area contributed by atoms with Crippen LogP contribution in [0.4, 0.5) is 0 Å². The molecule has 4 nitrogen and oxygen atoms in total. The number of Topliss-reactive ketones (excluding diaryl/α,β-unsaturated/α-hetero) is 1. The van der Waals surface area contributed by atoms with E-state index in [4.69, 9.17) is 4.74 Å². The normalized spacial score (nSPS) is 33.1. The number of benzene rings is 1. The van der Waals surface area contributed by atoms with E-state index in [1.807, 2.05) is 26.0 Å². The Kier molecular flexibility index (Phi) is 4.37. The van der Waals surface area contributed by atoms with Gasteiger partial charge in [-0.2, -0.15) is 0 Å². The molecular formula is C19H24BrNO3. The first-order chi connectivity index (χ1) is 11.2. The lowest BCUT2D eigenvalue weighted by atomic mass is 9.71. The average molecular weight is 394 g/mol. The Morgan fingerprint density at radius 3 is 2.17 bits per heavy atom. The van der Waals surface area contributed by atoms with Crippen molar-refractivity contribution >= 4 is 27.6 Å². The number of amides is 1. The number of hydrogen-bond acceptors (Lipinski definition) is 3. The molecule has 1 aliphatic carbocycles. The molecule has 1 aliphatic heterocycles. The highest BCUT2D eigenvalue weighted by atomic mass is 79.9. The van der Waals surface area contributed by atoms with Crippen molar-refractivity contribution in [3.63, 3.8) is 0 Å². The zero-order valence-electron chi connectivity index (χ0n) is 14.7. The van der Waals surface area contributed by atoms with E-state index in [2.05, 4.69) is 28.2 Å². The van der Waals surface area contributed by atoms with Crippen LogP contribution in [-0.4, -0.2) is 29.9 Å². The van der Waals surface area contributed by atoms with Crippen molar-refractivity contribution in [2.75, 3.05) is 7.11 Å². The van der Waals surface area contributed by atoms with Gasteiger partial charge in [-0.15, -0.1) is 0 Å². The predicted molar refractivity (Wildman–Crippen MR) is 96.1 cm³/mol. The standard InChI is InChI=1S/C19H24BrNO3/c1-11-9-13(20)10-12(2)14(11)15-16(22)19(21-17(15)23)7-5-18(3,24-4)6-8-19/h9-10,15H,5-8H2,1-4H3,(H,21,23). The summed E-state index contributed by atoms with van der Waals surface area (Å²) in [7, 11) is 1.71. The summed E-state index contributed by atoms with van der Waals surface area (Å²) in [4.78, 5) is 25.9. The number of carbonyl (C=O) groups is 2. The number of carbonyl (C=O) groups excluding carboxylic acids is 2. The molecule has 2 aliphatic rings. The lowest BCUT2D eigenvalue weighted by Crippen LogP contribution is -2.52. The van der Waals surface area contributed by atoms with Crippen molar-refractivity contribution in [1.29, 1.82) is 0 Å². The van der Waals surface area contributed by atoms with Gasteiger partial charge in [-0.25, -0.2) is 0 Å². The number of ether oxygens (including phenoxy) is 1. The highest BCUT2D eigenvalue weighted by Crippen LogP contribution is 2.44. The fraction of sp³-hybridized carbons (Fsp3) is 0.579. The molecule has 5 heteroatoms. The number of halogens is 1. The minimum Gasteiger partial charge on any atom is -0.379 e. The minimum absolute atomic E-state index is 0.0270. The lowest BCUT2D eigenvalue weighted by Gasteiger charge is -2.41. The Hall–Kier alpha value is -1.20. The molecular weight excluding hydrogens is 370 g/mol. The van der Waals surface area contributed by atoms with Crippen LogP contribution in [0, 0.1) is 13.8 Å². The Balaban J connectivity index is 1.94. The fourth-order valence-electron chi connectivity index (χ4n) is 4.19. The number of ketones is 1. The van der Waals surface area contributed by atoms with Crippen molar-refractivity contribution in [1.82, 2.24) is 5.32 Å². The number of nitrogens with one attached hydrogen (secondary N) is 1. The van der Waals surface area contributed by atoms with Crippen molar-refractivity contribution in [2.45, 2.75) is 63.5 Å². The van der Waals surface area contributed by atoms with Crippen LogP contribution in [0.3, 0.4) is 0 Å². The van der Waals surface area contributed by atoms with Crippen LogP contribution in [0.1, 0.15) is 55.2 Å². The van der Waals surface area contributed by atoms with Crippen molar-refractivity contribution in [3.05, 3.63) is 33.3 Å². The van der Waals surface area contributed by atoms with Gasteiger partial charge in [-0.1, -0.05) is 15.9 Å². The maximum Gasteiger partial charge on any atom is 0.235 e. The average Bonchev–Trinajstić information content (AvgIpc) is 2.75. The Morgan fingerprint density at radius 1 is 1.12 bits per heavy atom. The van der Waals surface area contributed by atoms with Crippen LogP contribution in [0.25, 0.3) is 0 Å². The van der Waals surface area contributed by atoms with E-state index in [1.165, 1.54) is 0 Å². The van der Waals surface area contributed by atoms with Gasteiger partial charge in [0.15, 0.2) is 5.78 Å². The second-order valence-electron chi connectivity index (χ2n) is 7.48. The van der Waals surface area contributed by atoms with Crippen LogP contribution in [0.15, 0.2) is 16.6 Å². The second-order valence-corrected chi connectivity index (χ2v) is 8.39. The second kappa shape index (κ2) is 5.95. The van der Waals surface area contributed by atoms with Crippen LogP contribution >= 0.6 is 15.9 Å². The molecule has 0 bridgehead atoms. The molecule has 1 heterocycles. The monoisotopic (exact) mass is 393 g/mol. The largest absolute Gasteiger partial charge is 0.379 e. The maximum absolute atomic E-state index is 13.2. The van der Waals surface area contributed by atoms with Gasteiger partial charge in [-0.3, -0.25) is 9.59 Å². The first kappa shape index (κ1) is 17.6. The maximum atomic E-state index is 13.2. The summed E-state index contributed by atoms with van der Waals surface area (Å²) in [6.07, 6.45) is 2.85. The molecule has 1 aromatic carbocycles. The highest BCUT2D eigenvalue weighted by molar-refractivity contribution is 9.10. The lowest BCUT2D eigenvalue weighted by molar-refractivity contribution is -0.127. The molecule has 1 spiro atoms. The molecule has 1 N–H and O–H groups in total. The third-order valence-corrected chi connectivity index (χ3v) is 6.32. The van der Waals surface area contributed by atoms with E-state index in [0.29, 0.717) is 12.8 Å². The molecule has 0 radical (unpaired) electrons. The summed E-state index contributed by atoms with van der Waals surface area (Å²) in [6.45, 7) is 5.99. The van der Waals surface area contributed by atoms with Gasteiger partial charge < -0.3 is 10.1 Å². The van der Waals surface area contributed by atoms with E-state index in [1.54, 1.807) is 7.11 Å². The zero-order valence-corrected chi connectivity index (χ0v) is 16.2. The molecule has 3 rings (SSSR count). The molecule has 1 aromatic rings. The van der Waals surface area contributed by atoms with Crippen LogP contribution < -0.4 is 5.32 Å². The number of aryl methyl sites for hydroxylation is 2. The summed E-state index contributed by atoms with van der Waals surface area (Å²) >= 11 is 3.48. The van der Waals surface area contributed by atoms with Crippen molar-refractivity contribution in [2.24, 2.45) is 0 Å². The Labute approximate surface area is 151 Å². The molecule has 24 heavy (non-hydrogen) atoms. The van der Waals surface area contributed by atoms with E-state index in [0.717, 1.165) is 34.0 Å². The van der Waals surface area contributed by atoms with Gasteiger partial charge in [0.1, 0.15) is 5.92 Å². The van der Waals surface area contributed by atoms with E-state index < -0.39 is 11.5 Å². The topological polar surface area (TPSA) is 55.4 Å². The predicted octanol–water partition coefficient (Wildman–Crippen LogP) is 3.57. The van der Waals surface area contributed by atoms with Crippen LogP contribution in [0.2, 0.25) is 0 Å². The zero-order chi connectivity index (χ0) is 17.7. The molecule has 0 aromatic heterocycles. The quantitative estimate of drug-likeness (QED) is 0.781. The molecule has 2 fully saturated rings. The van der Waals surface area contributed by atoms with Crippen LogP contribution in [0.5, 0.6) is 0 Å². The molecule has 1 atom stereocenters. The van der Waals surface area contributed by atoms with E-state index >= 15 is 0 Å². The molecule has 1 unspecified atom stereocenters. The summed E-state index contributed by atoms with van der Waals surface area (Å²) < 4.78 is 6.55. The molecule has 1 saturated heterocycles. The molecule has 1 amide bonds. The number of hydrogen-bond donors (Lipinski definition) is 1. The SMILES string of the molecule is COC1(C)CCC2(CC1)NC(=O)C(c1c(C)cc(Br)cc1C)C2=O. The Bertz CT molecular complexity index is 682. The minimum atomic E-state index is -0.717. The van der Waals surface area contributed by atoms with E-state index in [-0.39, 0.29) is 17.3 Å². The van der Waals surface area contributed by atoms with E-state index in [9.17, 15) is 9.59 Å². The third-order valence-electron chi connectivity index (χ3n) is 5.86. The number of methoxy groups -OCH3 is 1. The summed E-state index contributed by atoms with van der Waals surface area (Å²) in [5.41, 5.74) is 1.90. The summed E-state index contributed by atoms with van der Waals surface area (Å²) in [6, 6.07) is 3.94. The van der Waals surface area contributed by atoms with Gasteiger partial charge in [-0.05, 0) is 75.3 Å². The molecule has 1 saturated carbocycles. The van der Waals surface area contributed by atoms with Gasteiger partial charge >= 0.3 is 0 Å². The third kappa shape index (κ3) is 2.72. The van der Waals surface area contributed by atoms with Gasteiger partial charge in [0.05, 0.1) is 11.1 Å². The van der Waals surface area contributed by atoms with Crippen molar-refractivity contribution in [3.8, 4) is 0 Å². The first-order valence-electron chi connectivity index (χ1n) is 8.39. The fourth-order valence-corrected chi connectivity index (χ4v) is 4.87. The molecule has 130 valence electrons. The summed E-state index contributed by atoms with van der Waals surface area (Å²) in [5, 5.41) is 3.04. The van der Waals surface area contributed by atoms with Gasteiger partial charge in [0, 0.05) is 11.6 Å². The highest BCUT2D eigenvalue weighted by Gasteiger charge is 2.56. The summed E-state index contributed by atoms with van der Waals surface area (Å²) in [5.74, 6) is -0.821. The first-order valence-corrected chi connectivity index (χ1v) is 9.19.